The predicted octanol–water partition coefficient (Wildman–Crippen LogP) is 3.66. The maximum Gasteiger partial charge on any atom is 0.411 e. The van der Waals surface area contributed by atoms with Gasteiger partial charge in [-0.1, -0.05) is 0 Å². The fourth-order valence-electron chi connectivity index (χ4n) is 2.14. The van der Waals surface area contributed by atoms with Gasteiger partial charge in [0.2, 0.25) is 9.84 Å². The van der Waals surface area contributed by atoms with Crippen molar-refractivity contribution in [3.05, 3.63) is 48.5 Å². The third-order valence-corrected chi connectivity index (χ3v) is 5.16. The fraction of sp³-hybridized carbons (Fsp3) is 0.222. The normalized spacial score (nSPS) is 10.7. The number of carbonyl (C=O) groups is 2. The van der Waals surface area contributed by atoms with E-state index in [-0.39, 0.29) is 23.0 Å². The molecule has 0 fully saturated rings. The highest BCUT2D eigenvalue weighted by molar-refractivity contribution is 7.91. The molecule has 2 amide bonds. The molecule has 0 spiro atoms. The van der Waals surface area contributed by atoms with Crippen molar-refractivity contribution < 1.29 is 27.5 Å². The topological polar surface area (TPSA) is 111 Å². The van der Waals surface area contributed by atoms with Crippen molar-refractivity contribution >= 4 is 33.4 Å². The Balaban J connectivity index is 2.13. The zero-order valence-electron chi connectivity index (χ0n) is 14.9. The van der Waals surface area contributed by atoms with Gasteiger partial charge in [-0.25, -0.2) is 18.0 Å². The average Bonchev–Trinajstić information content (AvgIpc) is 2.63. The van der Waals surface area contributed by atoms with Crippen LogP contribution in [0.15, 0.2) is 58.3 Å². The summed E-state index contributed by atoms with van der Waals surface area (Å²) in [5.74, 6) is 0. The summed E-state index contributed by atoms with van der Waals surface area (Å²) in [6.07, 6.45) is -1.23. The summed E-state index contributed by atoms with van der Waals surface area (Å²) in [6, 6.07) is 11.5. The Labute approximate surface area is 157 Å². The smallest absolute Gasteiger partial charge is 0.411 e. The van der Waals surface area contributed by atoms with Gasteiger partial charge in [0, 0.05) is 11.4 Å². The molecule has 0 bridgehead atoms. The molecular weight excluding hydrogens is 372 g/mol. The number of nitrogens with one attached hydrogen (secondary N) is 2. The van der Waals surface area contributed by atoms with Crippen LogP contribution >= 0.6 is 0 Å². The molecule has 27 heavy (non-hydrogen) atoms. The lowest BCUT2D eigenvalue weighted by Gasteiger charge is -2.09. The number of benzene rings is 2. The molecule has 0 radical (unpaired) electrons. The average molecular weight is 392 g/mol. The number of amides is 2. The molecule has 2 aromatic carbocycles. The van der Waals surface area contributed by atoms with Gasteiger partial charge in [-0.15, -0.1) is 0 Å². The standard InChI is InChI=1S/C18H20N2O6S/c1-3-25-17(21)19-13-5-9-15(10-6-13)27(23,24)16-11-7-14(8-12-16)20-18(22)26-4-2/h5-12H,3-4H2,1-2H3,(H,19,21)(H,20,22). The molecule has 2 aromatic rings. The Morgan fingerprint density at radius 3 is 1.37 bits per heavy atom. The lowest BCUT2D eigenvalue weighted by molar-refractivity contribution is 0.167. The van der Waals surface area contributed by atoms with Gasteiger partial charge in [0.25, 0.3) is 0 Å². The van der Waals surface area contributed by atoms with Gasteiger partial charge in [-0.3, -0.25) is 10.6 Å². The first-order chi connectivity index (χ1) is 12.9. The van der Waals surface area contributed by atoms with Crippen LogP contribution in [0.5, 0.6) is 0 Å². The Morgan fingerprint density at radius 1 is 0.741 bits per heavy atom. The van der Waals surface area contributed by atoms with Gasteiger partial charge in [0.1, 0.15) is 0 Å². The summed E-state index contributed by atoms with van der Waals surface area (Å²) in [4.78, 5) is 22.9. The first-order valence-electron chi connectivity index (χ1n) is 8.19. The van der Waals surface area contributed by atoms with E-state index in [1.54, 1.807) is 13.8 Å². The SMILES string of the molecule is CCOC(=O)Nc1ccc(S(=O)(=O)c2ccc(NC(=O)OCC)cc2)cc1. The van der Waals surface area contributed by atoms with Crippen LogP contribution in [0.4, 0.5) is 21.0 Å². The van der Waals surface area contributed by atoms with Gasteiger partial charge in [0.05, 0.1) is 23.0 Å². The number of anilines is 2. The van der Waals surface area contributed by atoms with E-state index in [1.807, 2.05) is 0 Å². The molecule has 0 aliphatic rings. The second-order valence-electron chi connectivity index (χ2n) is 5.24. The van der Waals surface area contributed by atoms with E-state index in [0.717, 1.165) is 0 Å². The fourth-order valence-corrected chi connectivity index (χ4v) is 3.40. The van der Waals surface area contributed by atoms with Crippen LogP contribution in [-0.2, 0) is 19.3 Å². The third kappa shape index (κ3) is 5.45. The highest BCUT2D eigenvalue weighted by Gasteiger charge is 2.18. The van der Waals surface area contributed by atoms with Crippen molar-refractivity contribution in [2.45, 2.75) is 23.6 Å². The molecular formula is C18H20N2O6S. The zero-order chi connectivity index (χ0) is 19.9. The van der Waals surface area contributed by atoms with Gasteiger partial charge in [-0.2, -0.15) is 0 Å². The van der Waals surface area contributed by atoms with Crippen LogP contribution in [0.1, 0.15) is 13.8 Å². The van der Waals surface area contributed by atoms with E-state index >= 15 is 0 Å². The molecule has 0 atom stereocenters. The molecule has 2 rings (SSSR count). The van der Waals surface area contributed by atoms with E-state index < -0.39 is 22.0 Å². The lowest BCUT2D eigenvalue weighted by Crippen LogP contribution is -2.13. The number of sulfone groups is 1. The van der Waals surface area contributed by atoms with Crippen molar-refractivity contribution in [3.63, 3.8) is 0 Å². The van der Waals surface area contributed by atoms with Gasteiger partial charge in [0.15, 0.2) is 0 Å². The molecule has 0 unspecified atom stereocenters. The first kappa shape index (κ1) is 20.2. The Bertz CT molecular complexity index is 823. The van der Waals surface area contributed by atoms with E-state index in [9.17, 15) is 18.0 Å². The summed E-state index contributed by atoms with van der Waals surface area (Å²) >= 11 is 0. The Hall–Kier alpha value is -3.07. The highest BCUT2D eigenvalue weighted by atomic mass is 32.2. The second kappa shape index (κ2) is 9.04. The molecule has 0 aliphatic carbocycles. The monoisotopic (exact) mass is 392 g/mol. The van der Waals surface area contributed by atoms with E-state index in [0.29, 0.717) is 11.4 Å². The van der Waals surface area contributed by atoms with Crippen LogP contribution in [0.3, 0.4) is 0 Å². The molecule has 0 aliphatic heterocycles. The zero-order valence-corrected chi connectivity index (χ0v) is 15.7. The van der Waals surface area contributed by atoms with Crippen molar-refractivity contribution in [1.29, 1.82) is 0 Å². The molecule has 0 saturated heterocycles. The molecule has 2 N–H and O–H groups in total. The minimum absolute atomic E-state index is 0.0722. The molecule has 0 aromatic heterocycles. The van der Waals surface area contributed by atoms with Crippen LogP contribution in [-0.4, -0.2) is 33.8 Å². The molecule has 144 valence electrons. The molecule has 8 nitrogen and oxygen atoms in total. The summed E-state index contributed by atoms with van der Waals surface area (Å²) in [5, 5.41) is 4.98. The first-order valence-corrected chi connectivity index (χ1v) is 9.68. The van der Waals surface area contributed by atoms with Gasteiger partial charge in [-0.05, 0) is 62.4 Å². The van der Waals surface area contributed by atoms with Crippen molar-refractivity contribution in [2.24, 2.45) is 0 Å². The van der Waals surface area contributed by atoms with Crippen LogP contribution < -0.4 is 10.6 Å². The Kier molecular flexibility index (Phi) is 6.78. The van der Waals surface area contributed by atoms with E-state index in [4.69, 9.17) is 9.47 Å². The second-order valence-corrected chi connectivity index (χ2v) is 7.19. The van der Waals surface area contributed by atoms with Crippen LogP contribution in [0.25, 0.3) is 0 Å². The minimum atomic E-state index is -3.74. The van der Waals surface area contributed by atoms with Gasteiger partial charge < -0.3 is 9.47 Å². The summed E-state index contributed by atoms with van der Waals surface area (Å²) in [6.45, 7) is 3.84. The Morgan fingerprint density at radius 2 is 1.07 bits per heavy atom. The summed E-state index contributed by atoms with van der Waals surface area (Å²) in [5.41, 5.74) is 0.836. The molecule has 0 heterocycles. The quantitative estimate of drug-likeness (QED) is 0.776. The van der Waals surface area contributed by atoms with E-state index in [1.165, 1.54) is 48.5 Å². The predicted molar refractivity (Wildman–Crippen MR) is 99.6 cm³/mol. The highest BCUT2D eigenvalue weighted by Crippen LogP contribution is 2.24. The summed E-state index contributed by atoms with van der Waals surface area (Å²) in [7, 11) is -3.74. The van der Waals surface area contributed by atoms with Crippen LogP contribution in [0, 0.1) is 0 Å². The maximum absolute atomic E-state index is 12.7. The minimum Gasteiger partial charge on any atom is -0.450 e. The molecule has 9 heteroatoms. The maximum atomic E-state index is 12.7. The third-order valence-electron chi connectivity index (χ3n) is 3.37. The van der Waals surface area contributed by atoms with E-state index in [2.05, 4.69) is 10.6 Å². The van der Waals surface area contributed by atoms with Crippen LogP contribution in [0.2, 0.25) is 0 Å². The van der Waals surface area contributed by atoms with Crippen molar-refractivity contribution in [3.8, 4) is 0 Å². The number of hydrogen-bond acceptors (Lipinski definition) is 6. The summed E-state index contributed by atoms with van der Waals surface area (Å²) < 4.78 is 34.9. The number of ether oxygens (including phenoxy) is 2. The van der Waals surface area contributed by atoms with Crippen molar-refractivity contribution in [1.82, 2.24) is 0 Å². The number of carbonyl (C=O) groups excluding carboxylic acids is 2. The number of hydrogen-bond donors (Lipinski definition) is 2. The molecule has 0 saturated carbocycles. The number of rotatable bonds is 6. The van der Waals surface area contributed by atoms with Gasteiger partial charge >= 0.3 is 12.2 Å². The lowest BCUT2D eigenvalue weighted by atomic mass is 10.3. The van der Waals surface area contributed by atoms with Crippen molar-refractivity contribution in [2.75, 3.05) is 23.8 Å². The largest absolute Gasteiger partial charge is 0.450 e.